The molecule has 1 aliphatic rings. The lowest BCUT2D eigenvalue weighted by molar-refractivity contribution is -0.121. The first kappa shape index (κ1) is 15.3. The molecule has 0 saturated carbocycles. The van der Waals surface area contributed by atoms with Crippen LogP contribution >= 0.6 is 0 Å². The van der Waals surface area contributed by atoms with Gasteiger partial charge in [0.05, 0.1) is 0 Å². The number of rotatable bonds is 2. The summed E-state index contributed by atoms with van der Waals surface area (Å²) in [7, 11) is 1.49. The molecule has 2 rings (SSSR count). The van der Waals surface area contributed by atoms with E-state index in [0.29, 0.717) is 6.54 Å². The van der Waals surface area contributed by atoms with Crippen LogP contribution in [0, 0.1) is 0 Å². The first-order valence-corrected chi connectivity index (χ1v) is 7.13. The number of fused-ring (bicyclic) bond motifs is 1. The maximum absolute atomic E-state index is 12.2. The maximum atomic E-state index is 12.2. The fourth-order valence-electron chi connectivity index (χ4n) is 2.47. The third-order valence-electron chi connectivity index (χ3n) is 3.72. The number of benzene rings is 1. The van der Waals surface area contributed by atoms with Crippen LogP contribution in [-0.2, 0) is 11.3 Å². The summed E-state index contributed by atoms with van der Waals surface area (Å²) in [6.45, 7) is 5.38. The number of para-hydroxylation sites is 1. The van der Waals surface area contributed by atoms with Crippen LogP contribution in [0.4, 0.5) is 10.5 Å². The largest absolute Gasteiger partial charge is 0.358 e. The fraction of sp³-hybridized carbons (Fsp3) is 0.467. The molecule has 0 aromatic heterocycles. The summed E-state index contributed by atoms with van der Waals surface area (Å²) >= 11 is 0. The Bertz CT molecular complexity index is 532. The number of hydrogen-bond donors (Lipinski definition) is 3. The Labute approximate surface area is 124 Å². The average Bonchev–Trinajstić information content (AvgIpc) is 2.66. The van der Waals surface area contributed by atoms with E-state index in [0.717, 1.165) is 17.8 Å². The van der Waals surface area contributed by atoms with Crippen LogP contribution in [0.2, 0.25) is 0 Å². The summed E-state index contributed by atoms with van der Waals surface area (Å²) < 4.78 is 0. The van der Waals surface area contributed by atoms with Crippen molar-refractivity contribution < 1.29 is 9.59 Å². The van der Waals surface area contributed by atoms with Gasteiger partial charge in [-0.2, -0.15) is 0 Å². The first-order chi connectivity index (χ1) is 10.0. The highest BCUT2D eigenvalue weighted by atomic mass is 16.2. The molecule has 1 heterocycles. The summed E-state index contributed by atoms with van der Waals surface area (Å²) in [5.41, 5.74) is 2.19. The van der Waals surface area contributed by atoms with Crippen molar-refractivity contribution in [2.75, 3.05) is 18.5 Å². The van der Waals surface area contributed by atoms with Crippen molar-refractivity contribution in [3.63, 3.8) is 0 Å². The summed E-state index contributed by atoms with van der Waals surface area (Å²) in [6.07, 6.45) is 0. The summed E-state index contributed by atoms with van der Waals surface area (Å²) in [5, 5.41) is 8.16. The Hall–Kier alpha value is -2.08. The SMILES string of the molecule is CNC(=O)NC(=O)C(C)N1CC(C)NCc2ccccc21. The predicted molar refractivity (Wildman–Crippen MR) is 82.2 cm³/mol. The van der Waals surface area contributed by atoms with E-state index in [-0.39, 0.29) is 11.9 Å². The van der Waals surface area contributed by atoms with E-state index >= 15 is 0 Å². The molecule has 1 aromatic rings. The van der Waals surface area contributed by atoms with E-state index < -0.39 is 12.1 Å². The second-order valence-corrected chi connectivity index (χ2v) is 5.31. The van der Waals surface area contributed by atoms with Crippen molar-refractivity contribution in [3.05, 3.63) is 29.8 Å². The normalized spacial score (nSPS) is 19.2. The molecule has 0 radical (unpaired) electrons. The molecule has 6 heteroatoms. The molecule has 1 aromatic carbocycles. The zero-order valence-corrected chi connectivity index (χ0v) is 12.6. The molecule has 0 aliphatic carbocycles. The number of hydrogen-bond acceptors (Lipinski definition) is 4. The lowest BCUT2D eigenvalue weighted by Gasteiger charge is -2.31. The summed E-state index contributed by atoms with van der Waals surface area (Å²) in [5.74, 6) is -0.307. The zero-order chi connectivity index (χ0) is 15.4. The standard InChI is InChI=1S/C15H22N4O2/c1-10-9-19(11(2)14(20)18-15(21)16-3)13-7-5-4-6-12(13)8-17-10/h4-7,10-11,17H,8-9H2,1-3H3,(H2,16,18,20,21). The van der Waals surface area contributed by atoms with Gasteiger partial charge in [0.1, 0.15) is 6.04 Å². The highest BCUT2D eigenvalue weighted by molar-refractivity contribution is 5.98. The molecule has 0 bridgehead atoms. The van der Waals surface area contributed by atoms with Crippen molar-refractivity contribution in [2.45, 2.75) is 32.5 Å². The Morgan fingerprint density at radius 1 is 1.38 bits per heavy atom. The molecule has 1 aliphatic heterocycles. The lowest BCUT2D eigenvalue weighted by atomic mass is 10.1. The second-order valence-electron chi connectivity index (χ2n) is 5.31. The molecular weight excluding hydrogens is 268 g/mol. The summed E-state index contributed by atoms with van der Waals surface area (Å²) in [4.78, 5) is 25.6. The van der Waals surface area contributed by atoms with Crippen LogP contribution in [0.25, 0.3) is 0 Å². The van der Waals surface area contributed by atoms with Gasteiger partial charge >= 0.3 is 6.03 Å². The highest BCUT2D eigenvalue weighted by Gasteiger charge is 2.27. The van der Waals surface area contributed by atoms with Crippen molar-refractivity contribution in [1.29, 1.82) is 0 Å². The van der Waals surface area contributed by atoms with Crippen molar-refractivity contribution >= 4 is 17.6 Å². The average molecular weight is 290 g/mol. The number of nitrogens with one attached hydrogen (secondary N) is 3. The number of amides is 3. The molecule has 6 nitrogen and oxygen atoms in total. The number of anilines is 1. The molecule has 0 saturated heterocycles. The second kappa shape index (κ2) is 6.58. The van der Waals surface area contributed by atoms with E-state index in [4.69, 9.17) is 0 Å². The number of urea groups is 1. The maximum Gasteiger partial charge on any atom is 0.321 e. The third kappa shape index (κ3) is 3.52. The van der Waals surface area contributed by atoms with Gasteiger partial charge in [0, 0.05) is 31.9 Å². The quantitative estimate of drug-likeness (QED) is 0.754. The van der Waals surface area contributed by atoms with Crippen LogP contribution in [0.1, 0.15) is 19.4 Å². The Kier molecular flexibility index (Phi) is 4.80. The smallest absolute Gasteiger partial charge is 0.321 e. The van der Waals surface area contributed by atoms with Crippen molar-refractivity contribution in [1.82, 2.24) is 16.0 Å². The number of carbonyl (C=O) groups excluding carboxylic acids is 2. The Balaban J connectivity index is 2.23. The van der Waals surface area contributed by atoms with E-state index in [2.05, 4.69) is 28.9 Å². The molecule has 114 valence electrons. The third-order valence-corrected chi connectivity index (χ3v) is 3.72. The van der Waals surface area contributed by atoms with Gasteiger partial charge in [-0.05, 0) is 25.5 Å². The lowest BCUT2D eigenvalue weighted by Crippen LogP contribution is -2.51. The van der Waals surface area contributed by atoms with Crippen LogP contribution in [0.15, 0.2) is 24.3 Å². The van der Waals surface area contributed by atoms with E-state index in [1.165, 1.54) is 7.05 Å². The van der Waals surface area contributed by atoms with E-state index in [1.54, 1.807) is 0 Å². The van der Waals surface area contributed by atoms with Crippen LogP contribution < -0.4 is 20.9 Å². The van der Waals surface area contributed by atoms with Crippen LogP contribution in [-0.4, -0.2) is 37.6 Å². The molecule has 2 atom stereocenters. The minimum atomic E-state index is -0.485. The number of carbonyl (C=O) groups is 2. The van der Waals surface area contributed by atoms with Gasteiger partial charge in [0.15, 0.2) is 0 Å². The molecule has 3 N–H and O–H groups in total. The molecule has 0 spiro atoms. The van der Waals surface area contributed by atoms with Crippen LogP contribution in [0.5, 0.6) is 0 Å². The molecule has 0 fully saturated rings. The number of nitrogens with zero attached hydrogens (tertiary/aromatic N) is 1. The van der Waals surface area contributed by atoms with Gasteiger partial charge in [0.2, 0.25) is 5.91 Å². The minimum absolute atomic E-state index is 0.257. The Morgan fingerprint density at radius 3 is 2.81 bits per heavy atom. The van der Waals surface area contributed by atoms with E-state index in [9.17, 15) is 9.59 Å². The number of imide groups is 1. The Morgan fingerprint density at radius 2 is 2.10 bits per heavy atom. The van der Waals surface area contributed by atoms with Gasteiger partial charge < -0.3 is 15.5 Å². The topological polar surface area (TPSA) is 73.5 Å². The van der Waals surface area contributed by atoms with Crippen molar-refractivity contribution in [2.24, 2.45) is 0 Å². The fourth-order valence-corrected chi connectivity index (χ4v) is 2.47. The van der Waals surface area contributed by atoms with Gasteiger partial charge in [-0.25, -0.2) is 4.79 Å². The highest BCUT2D eigenvalue weighted by Crippen LogP contribution is 2.25. The predicted octanol–water partition coefficient (Wildman–Crippen LogP) is 0.829. The van der Waals surface area contributed by atoms with Gasteiger partial charge in [0.25, 0.3) is 0 Å². The summed E-state index contributed by atoms with van der Waals surface area (Å²) in [6, 6.07) is 7.37. The monoisotopic (exact) mass is 290 g/mol. The first-order valence-electron chi connectivity index (χ1n) is 7.13. The molecule has 2 unspecified atom stereocenters. The minimum Gasteiger partial charge on any atom is -0.358 e. The molecular formula is C15H22N4O2. The molecule has 3 amide bonds. The zero-order valence-electron chi connectivity index (χ0n) is 12.6. The van der Waals surface area contributed by atoms with Crippen molar-refractivity contribution in [3.8, 4) is 0 Å². The van der Waals surface area contributed by atoms with Gasteiger partial charge in [-0.15, -0.1) is 0 Å². The molecule has 21 heavy (non-hydrogen) atoms. The van der Waals surface area contributed by atoms with Crippen LogP contribution in [0.3, 0.4) is 0 Å². The van der Waals surface area contributed by atoms with Gasteiger partial charge in [-0.3, -0.25) is 10.1 Å². The van der Waals surface area contributed by atoms with E-state index in [1.807, 2.05) is 30.0 Å². The van der Waals surface area contributed by atoms with Gasteiger partial charge in [-0.1, -0.05) is 18.2 Å².